The number of carbonyl (C=O) groups excluding carboxylic acids is 1. The molecule has 0 atom stereocenters. The maximum Gasteiger partial charge on any atom is 0.167 e. The van der Waals surface area contributed by atoms with Gasteiger partial charge in [-0.15, -0.1) is 0 Å². The first-order valence-electron chi connectivity index (χ1n) is 6.32. The van der Waals surface area contributed by atoms with Gasteiger partial charge in [0.1, 0.15) is 11.8 Å². The molecule has 4 nitrogen and oxygen atoms in total. The summed E-state index contributed by atoms with van der Waals surface area (Å²) in [7, 11) is 0. The first kappa shape index (κ1) is 11.7. The number of pyridine rings is 1. The fraction of sp³-hybridized carbons (Fsp3) is 0.267. The Hall–Kier alpha value is -2.41. The average molecular weight is 251 g/mol. The molecule has 2 heterocycles. The van der Waals surface area contributed by atoms with Crippen LogP contribution in [-0.4, -0.2) is 15.3 Å². The van der Waals surface area contributed by atoms with Crippen LogP contribution in [0.5, 0.6) is 0 Å². The summed E-state index contributed by atoms with van der Waals surface area (Å²) < 4.78 is 1.92. The molecule has 1 aliphatic carbocycles. The van der Waals surface area contributed by atoms with E-state index in [1.807, 2.05) is 35.2 Å². The zero-order chi connectivity index (χ0) is 13.2. The molecule has 1 saturated carbocycles. The van der Waals surface area contributed by atoms with Crippen molar-refractivity contribution in [2.24, 2.45) is 5.92 Å². The molecule has 0 N–H and O–H groups in total. The molecule has 2 aromatic heterocycles. The van der Waals surface area contributed by atoms with E-state index in [1.54, 1.807) is 6.20 Å². The molecule has 2 aromatic rings. The predicted molar refractivity (Wildman–Crippen MR) is 69.5 cm³/mol. The van der Waals surface area contributed by atoms with Crippen molar-refractivity contribution in [2.45, 2.75) is 19.4 Å². The highest BCUT2D eigenvalue weighted by molar-refractivity contribution is 5.99. The summed E-state index contributed by atoms with van der Waals surface area (Å²) in [6.07, 6.45) is 7.38. The largest absolute Gasteiger partial charge is 0.349 e. The second-order valence-corrected chi connectivity index (χ2v) is 4.83. The molecule has 1 fully saturated rings. The third-order valence-electron chi connectivity index (χ3n) is 3.33. The Kier molecular flexibility index (Phi) is 2.88. The van der Waals surface area contributed by atoms with Gasteiger partial charge in [-0.25, -0.2) is 4.98 Å². The van der Waals surface area contributed by atoms with Crippen molar-refractivity contribution in [2.75, 3.05) is 0 Å². The molecule has 0 aromatic carbocycles. The van der Waals surface area contributed by atoms with Gasteiger partial charge in [0, 0.05) is 42.2 Å². The molecular weight excluding hydrogens is 238 g/mol. The molecule has 3 rings (SSSR count). The number of rotatable bonds is 4. The topological polar surface area (TPSA) is 58.7 Å². The quantitative estimate of drug-likeness (QED) is 0.784. The maximum absolute atomic E-state index is 11.9. The number of Topliss-reactive ketones (excluding diaryl/α,β-unsaturated/α-hetero) is 1. The van der Waals surface area contributed by atoms with Crippen LogP contribution in [0.25, 0.3) is 0 Å². The lowest BCUT2D eigenvalue weighted by molar-refractivity contribution is 0.0967. The Morgan fingerprint density at radius 1 is 1.47 bits per heavy atom. The SMILES string of the molecule is N#Cc1ncccc1Cn1ccc(C(=O)C2CC2)c1. The summed E-state index contributed by atoms with van der Waals surface area (Å²) in [6, 6.07) is 7.63. The first-order valence-corrected chi connectivity index (χ1v) is 6.32. The van der Waals surface area contributed by atoms with Crippen LogP contribution < -0.4 is 0 Å². The van der Waals surface area contributed by atoms with Crippen LogP contribution >= 0.6 is 0 Å². The Morgan fingerprint density at radius 2 is 2.32 bits per heavy atom. The van der Waals surface area contributed by atoms with E-state index in [2.05, 4.69) is 11.1 Å². The van der Waals surface area contributed by atoms with Crippen LogP contribution in [0.2, 0.25) is 0 Å². The molecule has 19 heavy (non-hydrogen) atoms. The average Bonchev–Trinajstić information content (AvgIpc) is 3.19. The highest BCUT2D eigenvalue weighted by atomic mass is 16.1. The molecule has 0 radical (unpaired) electrons. The van der Waals surface area contributed by atoms with E-state index in [4.69, 9.17) is 5.26 Å². The third kappa shape index (κ3) is 2.41. The molecular formula is C15H13N3O. The summed E-state index contributed by atoms with van der Waals surface area (Å²) in [4.78, 5) is 15.9. The number of hydrogen-bond donors (Lipinski definition) is 0. The van der Waals surface area contributed by atoms with Crippen molar-refractivity contribution in [1.29, 1.82) is 5.26 Å². The van der Waals surface area contributed by atoms with Crippen molar-refractivity contribution < 1.29 is 4.79 Å². The fourth-order valence-electron chi connectivity index (χ4n) is 2.13. The molecule has 94 valence electrons. The number of aromatic nitrogens is 2. The van der Waals surface area contributed by atoms with E-state index in [1.165, 1.54) is 0 Å². The summed E-state index contributed by atoms with van der Waals surface area (Å²) in [5.74, 6) is 0.481. The standard InChI is InChI=1S/C15H13N3O/c16-8-14-12(2-1-6-17-14)9-18-7-5-13(10-18)15(19)11-3-4-11/h1-2,5-7,10-11H,3-4,9H2. The van der Waals surface area contributed by atoms with Crippen molar-refractivity contribution in [1.82, 2.24) is 9.55 Å². The van der Waals surface area contributed by atoms with Crippen LogP contribution in [0.1, 0.15) is 34.5 Å². The van der Waals surface area contributed by atoms with Gasteiger partial charge in [0.15, 0.2) is 5.78 Å². The Morgan fingerprint density at radius 3 is 3.05 bits per heavy atom. The number of nitrogens with zero attached hydrogens (tertiary/aromatic N) is 3. The van der Waals surface area contributed by atoms with Crippen molar-refractivity contribution in [3.63, 3.8) is 0 Å². The van der Waals surface area contributed by atoms with Crippen LogP contribution in [0.15, 0.2) is 36.8 Å². The zero-order valence-electron chi connectivity index (χ0n) is 10.4. The van der Waals surface area contributed by atoms with Crippen LogP contribution in [0.3, 0.4) is 0 Å². The molecule has 0 aliphatic heterocycles. The number of ketones is 1. The van der Waals surface area contributed by atoms with Gasteiger partial charge in [-0.3, -0.25) is 4.79 Å². The molecule has 0 spiro atoms. The highest BCUT2D eigenvalue weighted by Crippen LogP contribution is 2.32. The number of carbonyl (C=O) groups is 1. The normalized spacial score (nSPS) is 14.1. The highest BCUT2D eigenvalue weighted by Gasteiger charge is 2.30. The Bertz CT molecular complexity index is 662. The fourth-order valence-corrected chi connectivity index (χ4v) is 2.13. The number of hydrogen-bond acceptors (Lipinski definition) is 3. The van der Waals surface area contributed by atoms with E-state index in [-0.39, 0.29) is 11.7 Å². The van der Waals surface area contributed by atoms with Crippen molar-refractivity contribution in [3.8, 4) is 6.07 Å². The van der Waals surface area contributed by atoms with Gasteiger partial charge in [-0.2, -0.15) is 5.26 Å². The van der Waals surface area contributed by atoms with Crippen LogP contribution in [0, 0.1) is 17.2 Å². The van der Waals surface area contributed by atoms with Gasteiger partial charge >= 0.3 is 0 Å². The lowest BCUT2D eigenvalue weighted by Crippen LogP contribution is -2.02. The zero-order valence-corrected chi connectivity index (χ0v) is 10.4. The van der Waals surface area contributed by atoms with Gasteiger partial charge in [-0.05, 0) is 25.0 Å². The summed E-state index contributed by atoms with van der Waals surface area (Å²) in [6.45, 7) is 0.564. The van der Waals surface area contributed by atoms with Gasteiger partial charge < -0.3 is 4.57 Å². The molecule has 0 saturated heterocycles. The number of nitriles is 1. The van der Waals surface area contributed by atoms with E-state index >= 15 is 0 Å². The van der Waals surface area contributed by atoms with Crippen molar-refractivity contribution in [3.05, 3.63) is 53.6 Å². The lowest BCUT2D eigenvalue weighted by atomic mass is 10.1. The minimum absolute atomic E-state index is 0.240. The lowest BCUT2D eigenvalue weighted by Gasteiger charge is -2.04. The second kappa shape index (κ2) is 4.69. The molecule has 1 aliphatic rings. The minimum Gasteiger partial charge on any atom is -0.349 e. The smallest absolute Gasteiger partial charge is 0.167 e. The molecule has 0 bridgehead atoms. The van der Waals surface area contributed by atoms with Gasteiger partial charge in [0.2, 0.25) is 0 Å². The van der Waals surface area contributed by atoms with Crippen molar-refractivity contribution >= 4 is 5.78 Å². The summed E-state index contributed by atoms with van der Waals surface area (Å²) >= 11 is 0. The van der Waals surface area contributed by atoms with E-state index in [0.29, 0.717) is 12.2 Å². The minimum atomic E-state index is 0.240. The van der Waals surface area contributed by atoms with Gasteiger partial charge in [0.25, 0.3) is 0 Å². The maximum atomic E-state index is 11.9. The summed E-state index contributed by atoms with van der Waals surface area (Å²) in [5.41, 5.74) is 2.07. The third-order valence-corrected chi connectivity index (χ3v) is 3.33. The summed E-state index contributed by atoms with van der Waals surface area (Å²) in [5, 5.41) is 9.00. The first-order chi connectivity index (χ1) is 9.28. The Balaban J connectivity index is 1.80. The Labute approximate surface area is 111 Å². The van der Waals surface area contributed by atoms with E-state index in [0.717, 1.165) is 24.0 Å². The van der Waals surface area contributed by atoms with Gasteiger partial charge in [0.05, 0.1) is 0 Å². The predicted octanol–water partition coefficient (Wildman–Crippen LogP) is 2.40. The second-order valence-electron chi connectivity index (χ2n) is 4.83. The molecule has 4 heteroatoms. The molecule has 0 amide bonds. The van der Waals surface area contributed by atoms with Gasteiger partial charge in [-0.1, -0.05) is 6.07 Å². The van der Waals surface area contributed by atoms with E-state index in [9.17, 15) is 4.79 Å². The monoisotopic (exact) mass is 251 g/mol. The van der Waals surface area contributed by atoms with Crippen LogP contribution in [-0.2, 0) is 6.54 Å². The van der Waals surface area contributed by atoms with E-state index < -0.39 is 0 Å². The molecule has 0 unspecified atom stereocenters. The van der Waals surface area contributed by atoms with Crippen LogP contribution in [0.4, 0.5) is 0 Å².